The third-order valence-corrected chi connectivity index (χ3v) is 6.03. The molecule has 3 aromatic carbocycles. The van der Waals surface area contributed by atoms with Crippen molar-refractivity contribution in [1.29, 1.82) is 5.26 Å². The SMILES string of the molecule is COc1ccccc1N(CCC#N)C(=O)CSc1nnc(-c2ccccc2)c(-c2ccccc2)n1. The number of carbonyl (C=O) groups excluding carboxylic acids is 1. The van der Waals surface area contributed by atoms with Gasteiger partial charge in [-0.1, -0.05) is 84.6 Å². The van der Waals surface area contributed by atoms with E-state index in [0.29, 0.717) is 28.0 Å². The van der Waals surface area contributed by atoms with Crippen molar-refractivity contribution >= 4 is 23.4 Å². The minimum Gasteiger partial charge on any atom is -0.495 e. The Labute approximate surface area is 208 Å². The summed E-state index contributed by atoms with van der Waals surface area (Å²) in [6.45, 7) is 0.261. The maximum absolute atomic E-state index is 13.2. The highest BCUT2D eigenvalue weighted by Gasteiger charge is 2.21. The summed E-state index contributed by atoms with van der Waals surface area (Å²) in [6, 6.07) is 28.9. The van der Waals surface area contributed by atoms with Gasteiger partial charge < -0.3 is 9.64 Å². The summed E-state index contributed by atoms with van der Waals surface area (Å²) < 4.78 is 5.42. The highest BCUT2D eigenvalue weighted by atomic mass is 32.2. The maximum atomic E-state index is 13.2. The van der Waals surface area contributed by atoms with Gasteiger partial charge in [0.2, 0.25) is 11.1 Å². The first-order chi connectivity index (χ1) is 17.2. The van der Waals surface area contributed by atoms with E-state index in [2.05, 4.69) is 16.3 Å². The van der Waals surface area contributed by atoms with E-state index < -0.39 is 0 Å². The van der Waals surface area contributed by atoms with Crippen LogP contribution in [0.15, 0.2) is 90.1 Å². The molecule has 0 aliphatic heterocycles. The van der Waals surface area contributed by atoms with Crippen LogP contribution < -0.4 is 9.64 Å². The van der Waals surface area contributed by atoms with E-state index in [1.54, 1.807) is 24.1 Å². The summed E-state index contributed by atoms with van der Waals surface area (Å²) in [5.74, 6) is 0.483. The minimum absolute atomic E-state index is 0.0874. The highest BCUT2D eigenvalue weighted by molar-refractivity contribution is 7.99. The van der Waals surface area contributed by atoms with Gasteiger partial charge >= 0.3 is 0 Å². The van der Waals surface area contributed by atoms with Crippen LogP contribution >= 0.6 is 11.8 Å². The lowest BCUT2D eigenvalue weighted by molar-refractivity contribution is -0.116. The number of benzene rings is 3. The second kappa shape index (κ2) is 11.8. The summed E-state index contributed by atoms with van der Waals surface area (Å²) in [6.07, 6.45) is 0.205. The number of aromatic nitrogens is 3. The third-order valence-electron chi connectivity index (χ3n) is 5.21. The number of hydrogen-bond acceptors (Lipinski definition) is 7. The van der Waals surface area contributed by atoms with Gasteiger partial charge in [0.15, 0.2) is 0 Å². The van der Waals surface area contributed by atoms with E-state index in [1.165, 1.54) is 11.8 Å². The lowest BCUT2D eigenvalue weighted by Gasteiger charge is -2.23. The van der Waals surface area contributed by atoms with Crippen molar-refractivity contribution in [1.82, 2.24) is 15.2 Å². The summed E-state index contributed by atoms with van der Waals surface area (Å²) in [4.78, 5) is 19.5. The second-order valence-corrected chi connectivity index (χ2v) is 8.38. The van der Waals surface area contributed by atoms with Crippen LogP contribution in [0.5, 0.6) is 5.75 Å². The molecule has 0 radical (unpaired) electrons. The number of amides is 1. The molecule has 0 N–H and O–H groups in total. The zero-order valence-electron chi connectivity index (χ0n) is 19.2. The van der Waals surface area contributed by atoms with Crippen LogP contribution in [0.3, 0.4) is 0 Å². The van der Waals surface area contributed by atoms with Crippen molar-refractivity contribution < 1.29 is 9.53 Å². The molecule has 0 aliphatic rings. The molecular formula is C27H23N5O2S. The van der Waals surface area contributed by atoms with Gasteiger partial charge in [-0.05, 0) is 12.1 Å². The highest BCUT2D eigenvalue weighted by Crippen LogP contribution is 2.31. The van der Waals surface area contributed by atoms with Gasteiger partial charge in [-0.15, -0.1) is 10.2 Å². The zero-order valence-corrected chi connectivity index (χ0v) is 20.0. The Kier molecular flexibility index (Phi) is 8.04. The van der Waals surface area contributed by atoms with E-state index >= 15 is 0 Å². The third kappa shape index (κ3) is 5.83. The topological polar surface area (TPSA) is 92.0 Å². The molecule has 174 valence electrons. The van der Waals surface area contributed by atoms with Gasteiger partial charge in [-0.2, -0.15) is 5.26 Å². The number of para-hydroxylation sites is 2. The molecule has 35 heavy (non-hydrogen) atoms. The smallest absolute Gasteiger partial charge is 0.237 e. The molecule has 1 heterocycles. The molecule has 0 atom stereocenters. The first-order valence-corrected chi connectivity index (χ1v) is 12.0. The average molecular weight is 482 g/mol. The van der Waals surface area contributed by atoms with Crippen molar-refractivity contribution in [2.45, 2.75) is 11.6 Å². The fraction of sp³-hybridized carbons (Fsp3) is 0.148. The summed E-state index contributed by atoms with van der Waals surface area (Å²) in [7, 11) is 1.56. The Hall–Kier alpha value is -4.22. The lowest BCUT2D eigenvalue weighted by atomic mass is 10.0. The molecule has 0 saturated carbocycles. The summed E-state index contributed by atoms with van der Waals surface area (Å²) in [5, 5.41) is 18.2. The Bertz CT molecular complexity index is 1330. The number of ether oxygens (including phenoxy) is 1. The van der Waals surface area contributed by atoms with Crippen molar-refractivity contribution in [3.8, 4) is 34.3 Å². The lowest BCUT2D eigenvalue weighted by Crippen LogP contribution is -2.33. The van der Waals surface area contributed by atoms with Gasteiger partial charge in [-0.25, -0.2) is 4.98 Å². The zero-order chi connectivity index (χ0) is 24.5. The Morgan fingerprint density at radius 3 is 2.20 bits per heavy atom. The van der Waals surface area contributed by atoms with Gasteiger partial charge in [0, 0.05) is 17.7 Å². The van der Waals surface area contributed by atoms with Crippen LogP contribution in [0.25, 0.3) is 22.5 Å². The predicted molar refractivity (Wildman–Crippen MR) is 137 cm³/mol. The Morgan fingerprint density at radius 2 is 1.54 bits per heavy atom. The maximum Gasteiger partial charge on any atom is 0.237 e. The number of nitrogens with zero attached hydrogens (tertiary/aromatic N) is 5. The van der Waals surface area contributed by atoms with Crippen LogP contribution in [-0.2, 0) is 4.79 Å². The van der Waals surface area contributed by atoms with Crippen LogP contribution in [0.4, 0.5) is 5.69 Å². The molecule has 7 nitrogen and oxygen atoms in total. The van der Waals surface area contributed by atoms with Crippen LogP contribution in [-0.4, -0.2) is 40.5 Å². The molecule has 0 spiro atoms. The second-order valence-electron chi connectivity index (χ2n) is 7.44. The minimum atomic E-state index is -0.174. The molecule has 0 saturated heterocycles. The summed E-state index contributed by atoms with van der Waals surface area (Å²) in [5.41, 5.74) is 3.83. The standard InChI is InChI=1S/C27H23N5O2S/c1-34-23-16-9-8-15-22(23)32(18-10-17-28)24(33)19-35-27-29-25(20-11-4-2-5-12-20)26(30-31-27)21-13-6-3-7-14-21/h2-9,11-16H,10,18-19H2,1H3. The van der Waals surface area contributed by atoms with E-state index in [9.17, 15) is 4.79 Å². The molecule has 0 unspecified atom stereocenters. The van der Waals surface area contributed by atoms with E-state index in [-0.39, 0.29) is 24.6 Å². The number of rotatable bonds is 9. The Balaban J connectivity index is 1.60. The van der Waals surface area contributed by atoms with Crippen LogP contribution in [0.2, 0.25) is 0 Å². The first-order valence-electron chi connectivity index (χ1n) is 11.0. The normalized spacial score (nSPS) is 10.4. The summed E-state index contributed by atoms with van der Waals surface area (Å²) >= 11 is 1.21. The molecule has 8 heteroatoms. The van der Waals surface area contributed by atoms with Crippen molar-refractivity contribution in [2.24, 2.45) is 0 Å². The molecular weight excluding hydrogens is 458 g/mol. The number of anilines is 1. The monoisotopic (exact) mass is 481 g/mol. The largest absolute Gasteiger partial charge is 0.495 e. The van der Waals surface area contributed by atoms with E-state index in [1.807, 2.05) is 72.8 Å². The molecule has 0 fully saturated rings. The fourth-order valence-electron chi connectivity index (χ4n) is 3.56. The number of carbonyl (C=O) groups is 1. The molecule has 4 rings (SSSR count). The van der Waals surface area contributed by atoms with Gasteiger partial charge in [0.05, 0.1) is 31.0 Å². The quantitative estimate of drug-likeness (QED) is 0.301. The number of methoxy groups -OCH3 is 1. The number of thioether (sulfide) groups is 1. The number of hydrogen-bond donors (Lipinski definition) is 0. The van der Waals surface area contributed by atoms with Crippen molar-refractivity contribution in [2.75, 3.05) is 24.3 Å². The van der Waals surface area contributed by atoms with Gasteiger partial charge in [-0.3, -0.25) is 4.79 Å². The molecule has 4 aromatic rings. The van der Waals surface area contributed by atoms with Crippen molar-refractivity contribution in [3.05, 3.63) is 84.9 Å². The molecule has 1 aromatic heterocycles. The fourth-order valence-corrected chi connectivity index (χ4v) is 4.22. The van der Waals surface area contributed by atoms with E-state index in [0.717, 1.165) is 11.1 Å². The van der Waals surface area contributed by atoms with Gasteiger partial charge in [0.25, 0.3) is 0 Å². The Morgan fingerprint density at radius 1 is 0.914 bits per heavy atom. The first kappa shape index (κ1) is 23.9. The van der Waals surface area contributed by atoms with E-state index in [4.69, 9.17) is 15.0 Å². The predicted octanol–water partition coefficient (Wildman–Crippen LogP) is 5.25. The van der Waals surface area contributed by atoms with Crippen LogP contribution in [0.1, 0.15) is 6.42 Å². The van der Waals surface area contributed by atoms with Crippen molar-refractivity contribution in [3.63, 3.8) is 0 Å². The number of nitriles is 1. The van der Waals surface area contributed by atoms with Crippen LogP contribution in [0, 0.1) is 11.3 Å². The molecule has 0 aliphatic carbocycles. The molecule has 0 bridgehead atoms. The van der Waals surface area contributed by atoms with Gasteiger partial charge in [0.1, 0.15) is 17.1 Å². The molecule has 1 amide bonds. The average Bonchev–Trinajstić information content (AvgIpc) is 2.93.